The van der Waals surface area contributed by atoms with Crippen molar-refractivity contribution in [1.29, 1.82) is 0 Å². The number of halogens is 1. The van der Waals surface area contributed by atoms with Crippen LogP contribution >= 0.6 is 12.4 Å². The molecule has 0 rings (SSSR count). The molecule has 0 unspecified atom stereocenters. The summed E-state index contributed by atoms with van der Waals surface area (Å²) in [4.78, 5) is 0. The maximum absolute atomic E-state index is 6.01. The molecule has 0 aromatic rings. The summed E-state index contributed by atoms with van der Waals surface area (Å²) in [6, 6.07) is 0.876. The Morgan fingerprint density at radius 2 is 0.886 bits per heavy atom. The van der Waals surface area contributed by atoms with Crippen LogP contribution in [0.4, 0.5) is 0 Å². The normalized spacial score (nSPS) is 12.2. The van der Waals surface area contributed by atoms with Gasteiger partial charge in [-0.15, -0.1) is 12.4 Å². The molecule has 0 atom stereocenters. The zero-order valence-corrected chi connectivity index (χ0v) is 26.5. The van der Waals surface area contributed by atoms with E-state index in [1.165, 1.54) is 103 Å². The van der Waals surface area contributed by atoms with Crippen LogP contribution in [-0.2, 0) is 13.3 Å². The maximum Gasteiger partial charge on any atom is 0.500 e. The van der Waals surface area contributed by atoms with Crippen LogP contribution in [0.1, 0.15) is 151 Å². The van der Waals surface area contributed by atoms with Gasteiger partial charge in [-0.25, -0.2) is 0 Å². The Kier molecular flexibility index (Phi) is 27.8. The molecule has 0 aromatic carbocycles. The van der Waals surface area contributed by atoms with Gasteiger partial charge in [0.1, 0.15) is 0 Å². The first kappa shape index (κ1) is 37.5. The van der Waals surface area contributed by atoms with E-state index in [9.17, 15) is 0 Å². The van der Waals surface area contributed by atoms with Crippen molar-refractivity contribution < 1.29 is 13.3 Å². The number of hydrogen-bond acceptors (Lipinski definition) is 4. The molecule has 0 spiro atoms. The highest BCUT2D eigenvalue weighted by Crippen LogP contribution is 2.23. The molecule has 0 saturated heterocycles. The van der Waals surface area contributed by atoms with Crippen LogP contribution in [0.3, 0.4) is 0 Å². The minimum Gasteiger partial charge on any atom is -0.374 e. The number of unbranched alkanes of at least 4 members (excludes halogenated alkanes) is 15. The van der Waals surface area contributed by atoms with Gasteiger partial charge >= 0.3 is 8.80 Å². The van der Waals surface area contributed by atoms with Gasteiger partial charge in [-0.3, -0.25) is 0 Å². The molecular formula is C29H64ClNO3Si. The molecule has 0 aromatic heterocycles. The summed E-state index contributed by atoms with van der Waals surface area (Å²) in [6.07, 6.45) is 23.7. The van der Waals surface area contributed by atoms with Crippen LogP contribution < -0.4 is 5.32 Å². The molecular weight excluding hydrogens is 474 g/mol. The molecule has 0 bridgehead atoms. The van der Waals surface area contributed by atoms with Crippen LogP contribution in [0.5, 0.6) is 0 Å². The third-order valence-corrected chi connectivity index (χ3v) is 9.83. The lowest BCUT2D eigenvalue weighted by molar-refractivity contribution is 0.0688. The Labute approximate surface area is 228 Å². The van der Waals surface area contributed by atoms with Crippen molar-refractivity contribution in [3.05, 3.63) is 0 Å². The van der Waals surface area contributed by atoms with E-state index in [0.717, 1.165) is 19.0 Å². The summed E-state index contributed by atoms with van der Waals surface area (Å²) in [5, 5.41) is 3.76. The predicted molar refractivity (Wildman–Crippen MR) is 159 cm³/mol. The van der Waals surface area contributed by atoms with Crippen molar-refractivity contribution in [1.82, 2.24) is 5.32 Å². The van der Waals surface area contributed by atoms with E-state index >= 15 is 0 Å². The van der Waals surface area contributed by atoms with Gasteiger partial charge in [0.05, 0.1) is 0 Å². The highest BCUT2D eigenvalue weighted by Gasteiger charge is 2.41. The fraction of sp³-hybridized carbons (Fsp3) is 1.00. The molecule has 0 aliphatic rings. The Hall–Kier alpha value is 0.347. The molecule has 0 saturated carbocycles. The van der Waals surface area contributed by atoms with E-state index in [4.69, 9.17) is 13.3 Å². The van der Waals surface area contributed by atoms with Crippen LogP contribution in [0, 0.1) is 0 Å². The minimum absolute atomic E-state index is 0. The Morgan fingerprint density at radius 3 is 1.23 bits per heavy atom. The second-order valence-electron chi connectivity index (χ2n) is 10.6. The number of nitrogens with one attached hydrogen (secondary N) is 1. The van der Waals surface area contributed by atoms with Gasteiger partial charge in [0.2, 0.25) is 0 Å². The standard InChI is InChI=1S/C29H63NO3Si.ClH/c1-7-11-12-13-14-15-16-17-18-19-20-21-22-23-24-25-27-30-29(5,6)26-28-34(31-8-2,32-9-3)33-10-4;/h30H,7-28H2,1-6H3;1H. The molecule has 0 amide bonds. The zero-order chi connectivity index (χ0) is 25.4. The number of rotatable bonds is 27. The van der Waals surface area contributed by atoms with Crippen molar-refractivity contribution in [2.45, 2.75) is 162 Å². The summed E-state index contributed by atoms with van der Waals surface area (Å²) in [7, 11) is -2.54. The average Bonchev–Trinajstić information content (AvgIpc) is 2.80. The topological polar surface area (TPSA) is 39.7 Å². The molecule has 0 radical (unpaired) electrons. The average molecular weight is 538 g/mol. The fourth-order valence-electron chi connectivity index (χ4n) is 4.66. The fourth-order valence-corrected chi connectivity index (χ4v) is 7.59. The maximum atomic E-state index is 6.01. The zero-order valence-electron chi connectivity index (χ0n) is 24.7. The van der Waals surface area contributed by atoms with Crippen LogP contribution in [0.2, 0.25) is 6.04 Å². The van der Waals surface area contributed by atoms with E-state index in [1.807, 2.05) is 20.8 Å². The molecule has 0 heterocycles. The third-order valence-electron chi connectivity index (χ3n) is 6.78. The summed E-state index contributed by atoms with van der Waals surface area (Å²) < 4.78 is 18.0. The first-order valence-corrected chi connectivity index (χ1v) is 17.0. The van der Waals surface area contributed by atoms with Gasteiger partial charge < -0.3 is 18.6 Å². The smallest absolute Gasteiger partial charge is 0.374 e. The minimum atomic E-state index is -2.54. The van der Waals surface area contributed by atoms with Crippen LogP contribution in [-0.4, -0.2) is 40.7 Å². The predicted octanol–water partition coefficient (Wildman–Crippen LogP) is 9.48. The van der Waals surface area contributed by atoms with Gasteiger partial charge in [-0.2, -0.15) is 0 Å². The Balaban J connectivity index is 0. The summed E-state index contributed by atoms with van der Waals surface area (Å²) in [5.74, 6) is 0. The first-order chi connectivity index (χ1) is 16.4. The molecule has 4 nitrogen and oxygen atoms in total. The van der Waals surface area contributed by atoms with E-state index in [1.54, 1.807) is 0 Å². The van der Waals surface area contributed by atoms with Gasteiger partial charge in [0, 0.05) is 31.4 Å². The third kappa shape index (κ3) is 23.2. The first-order valence-electron chi connectivity index (χ1n) is 15.1. The Morgan fingerprint density at radius 1 is 0.543 bits per heavy atom. The molecule has 0 fully saturated rings. The molecule has 35 heavy (non-hydrogen) atoms. The van der Waals surface area contributed by atoms with Gasteiger partial charge in [-0.1, -0.05) is 103 Å². The second kappa shape index (κ2) is 26.0. The highest BCUT2D eigenvalue weighted by atomic mass is 35.5. The summed E-state index contributed by atoms with van der Waals surface area (Å²) in [5.41, 5.74) is 0.0824. The monoisotopic (exact) mass is 537 g/mol. The van der Waals surface area contributed by atoms with Crippen molar-refractivity contribution >= 4 is 21.2 Å². The largest absolute Gasteiger partial charge is 0.500 e. The number of hydrogen-bond donors (Lipinski definition) is 1. The van der Waals surface area contributed by atoms with E-state index in [2.05, 4.69) is 26.1 Å². The second-order valence-corrected chi connectivity index (χ2v) is 13.3. The van der Waals surface area contributed by atoms with Crippen molar-refractivity contribution in [3.63, 3.8) is 0 Å². The lowest BCUT2D eigenvalue weighted by Crippen LogP contribution is -2.49. The van der Waals surface area contributed by atoms with E-state index in [-0.39, 0.29) is 17.9 Å². The van der Waals surface area contributed by atoms with Crippen molar-refractivity contribution in [2.24, 2.45) is 0 Å². The Bertz CT molecular complexity index is 410. The van der Waals surface area contributed by atoms with Gasteiger partial charge in [0.25, 0.3) is 0 Å². The van der Waals surface area contributed by atoms with Gasteiger partial charge in [0.15, 0.2) is 0 Å². The summed E-state index contributed by atoms with van der Waals surface area (Å²) in [6.45, 7) is 16.0. The van der Waals surface area contributed by atoms with Crippen molar-refractivity contribution in [3.8, 4) is 0 Å². The lowest BCUT2D eigenvalue weighted by Gasteiger charge is -2.33. The van der Waals surface area contributed by atoms with Gasteiger partial charge in [-0.05, 0) is 54.0 Å². The molecule has 0 aliphatic heterocycles. The lowest BCUT2D eigenvalue weighted by atomic mass is 10.0. The highest BCUT2D eigenvalue weighted by molar-refractivity contribution is 6.60. The van der Waals surface area contributed by atoms with E-state index in [0.29, 0.717) is 19.8 Å². The molecule has 214 valence electrons. The van der Waals surface area contributed by atoms with Crippen LogP contribution in [0.15, 0.2) is 0 Å². The molecule has 6 heteroatoms. The summed E-state index contributed by atoms with van der Waals surface area (Å²) >= 11 is 0. The SMILES string of the molecule is CCCCCCCCCCCCCCCCCCNC(C)(C)CC[Si](OCC)(OCC)OCC.Cl. The van der Waals surface area contributed by atoms with Crippen LogP contribution in [0.25, 0.3) is 0 Å². The van der Waals surface area contributed by atoms with Crippen molar-refractivity contribution in [2.75, 3.05) is 26.4 Å². The quantitative estimate of drug-likeness (QED) is 0.0836. The molecule has 0 aliphatic carbocycles. The molecule has 1 N–H and O–H groups in total. The van der Waals surface area contributed by atoms with E-state index < -0.39 is 8.80 Å².